The molecule has 6 nitrogen and oxygen atoms in total. The number of methoxy groups -OCH3 is 1. The number of hydrogen-bond acceptors (Lipinski definition) is 6. The minimum atomic E-state index is -0.737. The smallest absolute Gasteiger partial charge is 0.337 e. The van der Waals surface area contributed by atoms with E-state index in [9.17, 15) is 9.59 Å². The van der Waals surface area contributed by atoms with Crippen molar-refractivity contribution in [3.63, 3.8) is 0 Å². The first-order valence-corrected chi connectivity index (χ1v) is 9.97. The predicted molar refractivity (Wildman–Crippen MR) is 114 cm³/mol. The first-order chi connectivity index (χ1) is 15.1. The Bertz CT molecular complexity index is 1080. The van der Waals surface area contributed by atoms with Gasteiger partial charge >= 0.3 is 5.97 Å². The Balaban J connectivity index is 1.51. The summed E-state index contributed by atoms with van der Waals surface area (Å²) in [5, 5.41) is 0. The number of hydrogen-bond donors (Lipinski definition) is 0. The molecule has 0 amide bonds. The van der Waals surface area contributed by atoms with Crippen molar-refractivity contribution in [2.45, 2.75) is 19.1 Å². The average molecular weight is 418 g/mol. The van der Waals surface area contributed by atoms with Gasteiger partial charge in [-0.15, -0.1) is 0 Å². The van der Waals surface area contributed by atoms with E-state index >= 15 is 0 Å². The van der Waals surface area contributed by atoms with Crippen molar-refractivity contribution in [3.05, 3.63) is 89.5 Å². The van der Waals surface area contributed by atoms with Gasteiger partial charge in [-0.05, 0) is 42.0 Å². The van der Waals surface area contributed by atoms with E-state index in [1.807, 2.05) is 30.3 Å². The molecule has 6 heteroatoms. The summed E-state index contributed by atoms with van der Waals surface area (Å²) >= 11 is 0. The zero-order chi connectivity index (χ0) is 21.6. The van der Waals surface area contributed by atoms with E-state index in [-0.39, 0.29) is 5.78 Å². The van der Waals surface area contributed by atoms with Gasteiger partial charge in [0.15, 0.2) is 6.10 Å². The van der Waals surface area contributed by atoms with Crippen LogP contribution in [0, 0.1) is 0 Å². The van der Waals surface area contributed by atoms with Gasteiger partial charge in [-0.2, -0.15) is 0 Å². The summed E-state index contributed by atoms with van der Waals surface area (Å²) in [5.41, 5.74) is 1.80. The SMILES string of the molecule is COC(=O)c1cccc(OC2CCOc3ccc(OCc4ccccc4)cc3C2=O)c1. The van der Waals surface area contributed by atoms with Gasteiger partial charge in [0, 0.05) is 6.42 Å². The standard InChI is InChI=1S/C25H22O6/c1-28-25(27)18-8-5-9-20(14-18)31-23-12-13-29-22-11-10-19(15-21(22)24(23)26)30-16-17-6-3-2-4-7-17/h2-11,14-15,23H,12-13,16H2,1H3. The molecule has 0 radical (unpaired) electrons. The van der Waals surface area contributed by atoms with Crippen molar-refractivity contribution in [1.82, 2.24) is 0 Å². The summed E-state index contributed by atoms with van der Waals surface area (Å²) in [6.07, 6.45) is -0.352. The molecule has 3 aromatic carbocycles. The van der Waals surface area contributed by atoms with E-state index in [1.54, 1.807) is 42.5 Å². The maximum atomic E-state index is 13.2. The molecule has 0 bridgehead atoms. The third-order valence-corrected chi connectivity index (χ3v) is 4.93. The second kappa shape index (κ2) is 9.34. The van der Waals surface area contributed by atoms with Crippen LogP contribution in [-0.2, 0) is 11.3 Å². The van der Waals surface area contributed by atoms with Crippen LogP contribution < -0.4 is 14.2 Å². The van der Waals surface area contributed by atoms with Crippen LogP contribution in [0.25, 0.3) is 0 Å². The molecule has 0 spiro atoms. The second-order valence-corrected chi connectivity index (χ2v) is 7.06. The van der Waals surface area contributed by atoms with Gasteiger partial charge in [0.2, 0.25) is 5.78 Å². The normalized spacial score (nSPS) is 15.3. The molecule has 158 valence electrons. The molecular weight excluding hydrogens is 396 g/mol. The predicted octanol–water partition coefficient (Wildman–Crippen LogP) is 4.47. The lowest BCUT2D eigenvalue weighted by Crippen LogP contribution is -2.27. The minimum absolute atomic E-state index is 0.193. The molecule has 1 aliphatic rings. The van der Waals surface area contributed by atoms with Crippen LogP contribution in [0.1, 0.15) is 32.7 Å². The van der Waals surface area contributed by atoms with Crippen LogP contribution in [-0.4, -0.2) is 31.6 Å². The third-order valence-electron chi connectivity index (χ3n) is 4.93. The first kappa shape index (κ1) is 20.5. The topological polar surface area (TPSA) is 71.1 Å². The van der Waals surface area contributed by atoms with Gasteiger partial charge in [-0.3, -0.25) is 4.79 Å². The highest BCUT2D eigenvalue weighted by Gasteiger charge is 2.29. The first-order valence-electron chi connectivity index (χ1n) is 9.97. The number of carbonyl (C=O) groups is 2. The minimum Gasteiger partial charge on any atom is -0.493 e. The summed E-state index contributed by atoms with van der Waals surface area (Å²) in [4.78, 5) is 25.0. The number of benzene rings is 3. The van der Waals surface area contributed by atoms with Crippen molar-refractivity contribution in [3.8, 4) is 17.2 Å². The zero-order valence-corrected chi connectivity index (χ0v) is 17.1. The molecular formula is C25H22O6. The quantitative estimate of drug-likeness (QED) is 0.550. The maximum Gasteiger partial charge on any atom is 0.337 e. The largest absolute Gasteiger partial charge is 0.493 e. The molecule has 1 atom stereocenters. The molecule has 1 heterocycles. The summed E-state index contributed by atoms with van der Waals surface area (Å²) in [5.74, 6) is 0.841. The number of fused-ring (bicyclic) bond motifs is 1. The van der Waals surface area contributed by atoms with Gasteiger partial charge < -0.3 is 18.9 Å². The van der Waals surface area contributed by atoms with Crippen molar-refractivity contribution in [2.24, 2.45) is 0 Å². The Morgan fingerprint density at radius 2 is 1.84 bits per heavy atom. The van der Waals surface area contributed by atoms with Gasteiger partial charge in [0.25, 0.3) is 0 Å². The lowest BCUT2D eigenvalue weighted by atomic mass is 10.0. The number of carbonyl (C=O) groups excluding carboxylic acids is 2. The van der Waals surface area contributed by atoms with Gasteiger partial charge in [0.05, 0.1) is 24.8 Å². The molecule has 0 N–H and O–H groups in total. The van der Waals surface area contributed by atoms with Gasteiger partial charge in [-0.1, -0.05) is 36.4 Å². The summed E-state index contributed by atoms with van der Waals surface area (Å²) in [7, 11) is 1.32. The van der Waals surface area contributed by atoms with E-state index in [1.165, 1.54) is 7.11 Å². The molecule has 0 saturated carbocycles. The van der Waals surface area contributed by atoms with Crippen LogP contribution in [0.5, 0.6) is 17.2 Å². The van der Waals surface area contributed by atoms with Gasteiger partial charge in [0.1, 0.15) is 23.9 Å². The monoisotopic (exact) mass is 418 g/mol. The third kappa shape index (κ3) is 4.86. The Morgan fingerprint density at radius 3 is 2.65 bits per heavy atom. The molecule has 1 unspecified atom stereocenters. The highest BCUT2D eigenvalue weighted by molar-refractivity contribution is 6.02. The highest BCUT2D eigenvalue weighted by atomic mass is 16.5. The van der Waals surface area contributed by atoms with Crippen molar-refractivity contribution in [1.29, 1.82) is 0 Å². The zero-order valence-electron chi connectivity index (χ0n) is 17.1. The van der Waals surface area contributed by atoms with Crippen molar-refractivity contribution < 1.29 is 28.5 Å². The van der Waals surface area contributed by atoms with E-state index in [2.05, 4.69) is 0 Å². The molecule has 0 aliphatic carbocycles. The lowest BCUT2D eigenvalue weighted by molar-refractivity contribution is 0.0600. The number of ether oxygens (including phenoxy) is 4. The lowest BCUT2D eigenvalue weighted by Gasteiger charge is -2.16. The fourth-order valence-corrected chi connectivity index (χ4v) is 3.33. The molecule has 3 aromatic rings. The van der Waals surface area contributed by atoms with Crippen LogP contribution in [0.3, 0.4) is 0 Å². The summed E-state index contributed by atoms with van der Waals surface area (Å²) in [6.45, 7) is 0.735. The summed E-state index contributed by atoms with van der Waals surface area (Å²) < 4.78 is 22.3. The number of ketones is 1. The Labute approximate surface area is 180 Å². The van der Waals surface area contributed by atoms with Crippen LogP contribution in [0.2, 0.25) is 0 Å². The van der Waals surface area contributed by atoms with Crippen LogP contribution >= 0.6 is 0 Å². The molecule has 4 rings (SSSR count). The average Bonchev–Trinajstić information content (AvgIpc) is 2.96. The fraction of sp³-hybridized carbons (Fsp3) is 0.200. The van der Waals surface area contributed by atoms with Crippen LogP contribution in [0.4, 0.5) is 0 Å². The second-order valence-electron chi connectivity index (χ2n) is 7.06. The fourth-order valence-electron chi connectivity index (χ4n) is 3.33. The Hall–Kier alpha value is -3.80. The summed E-state index contributed by atoms with van der Waals surface area (Å²) in [6, 6.07) is 21.6. The highest BCUT2D eigenvalue weighted by Crippen LogP contribution is 2.30. The molecule has 0 fully saturated rings. The van der Waals surface area contributed by atoms with E-state index in [0.29, 0.717) is 48.0 Å². The van der Waals surface area contributed by atoms with E-state index in [0.717, 1.165) is 5.56 Å². The molecule has 1 aliphatic heterocycles. The number of esters is 1. The van der Waals surface area contributed by atoms with E-state index < -0.39 is 12.1 Å². The van der Waals surface area contributed by atoms with Crippen LogP contribution in [0.15, 0.2) is 72.8 Å². The van der Waals surface area contributed by atoms with Crippen molar-refractivity contribution in [2.75, 3.05) is 13.7 Å². The van der Waals surface area contributed by atoms with E-state index in [4.69, 9.17) is 18.9 Å². The molecule has 0 aromatic heterocycles. The molecule has 31 heavy (non-hydrogen) atoms. The van der Waals surface area contributed by atoms with Gasteiger partial charge in [-0.25, -0.2) is 4.79 Å². The Kier molecular flexibility index (Phi) is 6.17. The molecule has 0 saturated heterocycles. The maximum absolute atomic E-state index is 13.2. The Morgan fingerprint density at radius 1 is 1.00 bits per heavy atom. The number of Topliss-reactive ketones (excluding diaryl/α,β-unsaturated/α-hetero) is 1. The van der Waals surface area contributed by atoms with Crippen molar-refractivity contribution >= 4 is 11.8 Å². The number of rotatable bonds is 6.